The van der Waals surface area contributed by atoms with Gasteiger partial charge in [-0.25, -0.2) is 4.79 Å². The molecule has 2 aliphatic heterocycles. The third-order valence-electron chi connectivity index (χ3n) is 7.01. The Morgan fingerprint density at radius 3 is 2.12 bits per heavy atom. The highest BCUT2D eigenvalue weighted by atomic mass is 35.6. The molecule has 0 saturated carbocycles. The summed E-state index contributed by atoms with van der Waals surface area (Å²) in [6, 6.07) is 6.13. The van der Waals surface area contributed by atoms with Crippen LogP contribution in [0.4, 0.5) is 4.79 Å². The number of nitrogens with one attached hydrogen (secondary N) is 1. The van der Waals surface area contributed by atoms with E-state index in [0.29, 0.717) is 0 Å². The normalized spacial score (nSPS) is 26.8. The van der Waals surface area contributed by atoms with Crippen LogP contribution in [-0.2, 0) is 61.9 Å². The lowest BCUT2D eigenvalue weighted by Crippen LogP contribution is -2.68. The molecule has 1 aromatic rings. The van der Waals surface area contributed by atoms with Crippen molar-refractivity contribution in [1.82, 2.24) is 5.32 Å². The molecule has 2 aliphatic rings. The fourth-order valence-corrected chi connectivity index (χ4v) is 5.28. The Hall–Kier alpha value is -3.71. The molecule has 0 aromatic heterocycles. The van der Waals surface area contributed by atoms with Gasteiger partial charge in [0.25, 0.3) is 9.70 Å². The van der Waals surface area contributed by atoms with Gasteiger partial charge in [-0.1, -0.05) is 59.1 Å². The number of nitrogens with two attached hydrogens (primary N) is 1. The number of benzene rings is 1. The zero-order valence-corrected chi connectivity index (χ0v) is 30.2. The number of halogens is 3. The summed E-state index contributed by atoms with van der Waals surface area (Å²) in [7, 11) is 0. The first kappa shape index (κ1) is 41.7. The van der Waals surface area contributed by atoms with Crippen molar-refractivity contribution < 1.29 is 71.4 Å². The fraction of sp³-hybridized carbons (Fsp3) is 0.548. The van der Waals surface area contributed by atoms with Gasteiger partial charge in [0.1, 0.15) is 36.7 Å². The Kier molecular flexibility index (Phi) is 14.5. The van der Waals surface area contributed by atoms with Gasteiger partial charge in [-0.2, -0.15) is 0 Å². The SMILES string of the molecule is C=C[C@H](O[C@@H]1O[C@H](COC(C)=O)[C@@H](OC(C)=O)[C@H](OC(C)=O)[C@H]1NC(=O)C(Cl)(Cl)Cl)[C@@H](OC(=O)Oc1ccccc1)[C@H]1OC(C)(C)O[C@@H]1C(N)=O. The van der Waals surface area contributed by atoms with Crippen LogP contribution in [0.1, 0.15) is 34.6 Å². The zero-order chi connectivity index (χ0) is 38.3. The molecule has 0 aliphatic carbocycles. The van der Waals surface area contributed by atoms with Crippen molar-refractivity contribution in [2.24, 2.45) is 5.73 Å². The maximum absolute atomic E-state index is 13.1. The summed E-state index contributed by atoms with van der Waals surface area (Å²) >= 11 is 17.5. The van der Waals surface area contributed by atoms with Crippen molar-refractivity contribution in [3.63, 3.8) is 0 Å². The highest BCUT2D eigenvalue weighted by molar-refractivity contribution is 6.76. The molecular formula is C31H37Cl3N2O15. The van der Waals surface area contributed by atoms with Crippen LogP contribution < -0.4 is 15.8 Å². The second-order valence-corrected chi connectivity index (χ2v) is 13.8. The quantitative estimate of drug-likeness (QED) is 0.0962. The molecule has 20 heteroatoms. The van der Waals surface area contributed by atoms with E-state index in [0.717, 1.165) is 26.8 Å². The molecule has 9 atom stereocenters. The molecule has 2 amide bonds. The van der Waals surface area contributed by atoms with E-state index in [1.54, 1.807) is 18.2 Å². The predicted octanol–water partition coefficient (Wildman–Crippen LogP) is 2.15. The third kappa shape index (κ3) is 11.9. The van der Waals surface area contributed by atoms with Crippen LogP contribution in [0.2, 0.25) is 0 Å². The molecule has 0 unspecified atom stereocenters. The number of hydrogen-bond donors (Lipinski definition) is 2. The van der Waals surface area contributed by atoms with Crippen LogP contribution in [-0.4, -0.2) is 107 Å². The molecule has 0 radical (unpaired) electrons. The Morgan fingerprint density at radius 2 is 1.59 bits per heavy atom. The lowest BCUT2D eigenvalue weighted by atomic mass is 9.95. The van der Waals surface area contributed by atoms with Crippen molar-refractivity contribution in [2.75, 3.05) is 6.61 Å². The van der Waals surface area contributed by atoms with E-state index in [2.05, 4.69) is 11.9 Å². The van der Waals surface area contributed by atoms with Crippen LogP contribution in [0.15, 0.2) is 43.0 Å². The van der Waals surface area contributed by atoms with Gasteiger partial charge in [0.2, 0.25) is 5.91 Å². The number of hydrogen-bond acceptors (Lipinski definition) is 15. The van der Waals surface area contributed by atoms with Crippen LogP contribution in [0.3, 0.4) is 0 Å². The third-order valence-corrected chi connectivity index (χ3v) is 7.53. The molecule has 2 fully saturated rings. The monoisotopic (exact) mass is 782 g/mol. The lowest BCUT2D eigenvalue weighted by molar-refractivity contribution is -0.292. The molecule has 51 heavy (non-hydrogen) atoms. The maximum Gasteiger partial charge on any atom is 0.514 e. The Labute approximate surface area is 307 Å². The summed E-state index contributed by atoms with van der Waals surface area (Å²) in [5.41, 5.74) is 5.62. The summed E-state index contributed by atoms with van der Waals surface area (Å²) in [4.78, 5) is 75.0. The Balaban J connectivity index is 2.13. The van der Waals surface area contributed by atoms with Crippen LogP contribution >= 0.6 is 34.8 Å². The molecular weight excluding hydrogens is 747 g/mol. The largest absolute Gasteiger partial charge is 0.514 e. The van der Waals surface area contributed by atoms with Gasteiger partial charge in [-0.3, -0.25) is 24.0 Å². The van der Waals surface area contributed by atoms with E-state index in [1.165, 1.54) is 26.0 Å². The van der Waals surface area contributed by atoms with E-state index in [1.807, 2.05) is 0 Å². The standard InChI is InChI=1S/C31H37Cl3N2O15/c1-7-18(21(24-25(26(35)40)51-30(5,6)50-24)49-29(42)46-17-11-9-8-10-12-17)47-27-20(36-28(41)31(32,33)34)23(45-16(4)39)22(44-15(3)38)19(48-27)13-43-14(2)37/h7-12,18-25,27H,1,13H2,2-6H3,(H2,35,40)(H,36,41)/t18-,19+,20+,21+,22+,23+,24+,25-,27+/m0/s1. The number of para-hydroxylation sites is 1. The summed E-state index contributed by atoms with van der Waals surface area (Å²) in [6.45, 7) is 9.24. The average molecular weight is 784 g/mol. The number of amides is 2. The summed E-state index contributed by atoms with van der Waals surface area (Å²) in [5, 5.41) is 2.35. The highest BCUT2D eigenvalue weighted by Crippen LogP contribution is 2.36. The smallest absolute Gasteiger partial charge is 0.463 e. The van der Waals surface area contributed by atoms with Crippen molar-refractivity contribution in [3.8, 4) is 5.75 Å². The predicted molar refractivity (Wildman–Crippen MR) is 174 cm³/mol. The molecule has 0 spiro atoms. The van der Waals surface area contributed by atoms with E-state index < -0.39 is 107 Å². The zero-order valence-electron chi connectivity index (χ0n) is 27.9. The van der Waals surface area contributed by atoms with Crippen LogP contribution in [0, 0.1) is 0 Å². The number of carbonyl (C=O) groups excluding carboxylic acids is 6. The minimum absolute atomic E-state index is 0.0897. The average Bonchev–Trinajstić information content (AvgIpc) is 3.35. The summed E-state index contributed by atoms with van der Waals surface area (Å²) in [5.74, 6) is -6.17. The topological polar surface area (TPSA) is 224 Å². The summed E-state index contributed by atoms with van der Waals surface area (Å²) < 4.78 is 48.2. The van der Waals surface area contributed by atoms with E-state index in [4.69, 9.17) is 83.2 Å². The molecule has 17 nitrogen and oxygen atoms in total. The molecule has 282 valence electrons. The minimum Gasteiger partial charge on any atom is -0.463 e. The Bertz CT molecular complexity index is 1460. The van der Waals surface area contributed by atoms with Gasteiger partial charge in [0, 0.05) is 20.8 Å². The van der Waals surface area contributed by atoms with E-state index >= 15 is 0 Å². The second kappa shape index (κ2) is 17.7. The van der Waals surface area contributed by atoms with Gasteiger partial charge in [-0.15, -0.1) is 6.58 Å². The molecule has 1 aromatic carbocycles. The van der Waals surface area contributed by atoms with Crippen molar-refractivity contribution in [2.45, 2.75) is 99.3 Å². The molecule has 0 bridgehead atoms. The highest BCUT2D eigenvalue weighted by Gasteiger charge is 2.56. The lowest BCUT2D eigenvalue weighted by Gasteiger charge is -2.46. The summed E-state index contributed by atoms with van der Waals surface area (Å²) in [6.07, 6.45) is -12.8. The number of alkyl halides is 3. The molecule has 2 saturated heterocycles. The van der Waals surface area contributed by atoms with Crippen molar-refractivity contribution >= 4 is 70.7 Å². The number of carbonyl (C=O) groups is 6. The first-order chi connectivity index (χ1) is 23.7. The molecule has 2 heterocycles. The van der Waals surface area contributed by atoms with Crippen molar-refractivity contribution in [3.05, 3.63) is 43.0 Å². The van der Waals surface area contributed by atoms with E-state index in [9.17, 15) is 28.8 Å². The molecule has 3 rings (SSSR count). The fourth-order valence-electron chi connectivity index (χ4n) is 5.12. The first-order valence-electron chi connectivity index (χ1n) is 15.1. The Morgan fingerprint density at radius 1 is 0.980 bits per heavy atom. The van der Waals surface area contributed by atoms with E-state index in [-0.39, 0.29) is 5.75 Å². The number of ether oxygens (including phenoxy) is 9. The van der Waals surface area contributed by atoms with Crippen molar-refractivity contribution in [1.29, 1.82) is 0 Å². The number of primary amides is 1. The van der Waals surface area contributed by atoms with Gasteiger partial charge in [-0.05, 0) is 26.0 Å². The molecule has 3 N–H and O–H groups in total. The van der Waals surface area contributed by atoms with Crippen LogP contribution in [0.25, 0.3) is 0 Å². The number of rotatable bonds is 13. The van der Waals surface area contributed by atoms with Gasteiger partial charge >= 0.3 is 24.1 Å². The van der Waals surface area contributed by atoms with Gasteiger partial charge in [0.05, 0.1) is 0 Å². The number of esters is 3. The first-order valence-corrected chi connectivity index (χ1v) is 16.2. The van der Waals surface area contributed by atoms with Crippen LogP contribution in [0.5, 0.6) is 5.75 Å². The minimum atomic E-state index is -2.59. The van der Waals surface area contributed by atoms with Gasteiger partial charge in [0.15, 0.2) is 36.5 Å². The second-order valence-electron chi connectivity index (χ2n) is 11.5. The van der Waals surface area contributed by atoms with Gasteiger partial charge < -0.3 is 53.7 Å². The maximum atomic E-state index is 13.1.